The molecule has 1 N–H and O–H groups in total. The lowest BCUT2D eigenvalue weighted by Crippen LogP contribution is -2.34. The van der Waals surface area contributed by atoms with Crippen LogP contribution in [0.15, 0.2) is 24.8 Å². The lowest BCUT2D eigenvalue weighted by atomic mass is 10.5. The summed E-state index contributed by atoms with van der Waals surface area (Å²) in [5.41, 5.74) is 0. The topological polar surface area (TPSA) is 71.1 Å². The molecule has 0 atom stereocenters. The minimum atomic E-state index is -3.83. The van der Waals surface area contributed by atoms with Gasteiger partial charge in [0, 0.05) is 12.5 Å². The maximum absolute atomic E-state index is 10.4. The third kappa shape index (κ3) is 4.54. The number of hydrogen-bond acceptors (Lipinski definition) is 3. The quantitative estimate of drug-likeness (QED) is 0.536. The number of aromatic nitrogens is 2. The van der Waals surface area contributed by atoms with Crippen LogP contribution in [0.1, 0.15) is 6.42 Å². The summed E-state index contributed by atoms with van der Waals surface area (Å²) < 4.78 is 30.9. The van der Waals surface area contributed by atoms with Gasteiger partial charge in [0.15, 0.2) is 0 Å². The van der Waals surface area contributed by atoms with E-state index in [9.17, 15) is 8.42 Å². The Balaban J connectivity index is 2.37. The SMILES string of the molecule is O=S(=O)(O)CCC[n+]1cccnc1. The molecule has 0 saturated heterocycles. The van der Waals surface area contributed by atoms with Gasteiger partial charge in [0.2, 0.25) is 0 Å². The summed E-state index contributed by atoms with van der Waals surface area (Å²) in [6.07, 6.45) is 5.41. The van der Waals surface area contributed by atoms with E-state index in [0.717, 1.165) is 0 Å². The Bertz CT molecular complexity index is 349. The highest BCUT2D eigenvalue weighted by Crippen LogP contribution is 1.87. The molecule has 0 saturated carbocycles. The molecule has 0 amide bonds. The molecule has 0 radical (unpaired) electrons. The van der Waals surface area contributed by atoms with Crippen molar-refractivity contribution in [1.29, 1.82) is 0 Å². The zero-order valence-electron chi connectivity index (χ0n) is 7.00. The molecule has 0 fully saturated rings. The van der Waals surface area contributed by atoms with Gasteiger partial charge in [0.1, 0.15) is 6.20 Å². The molecule has 5 nitrogen and oxygen atoms in total. The minimum Gasteiger partial charge on any atom is -0.286 e. The molecule has 1 rings (SSSR count). The molecule has 1 aromatic rings. The van der Waals surface area contributed by atoms with Gasteiger partial charge in [-0.15, -0.1) is 0 Å². The van der Waals surface area contributed by atoms with Crippen LogP contribution in [0, 0.1) is 0 Å². The summed E-state index contributed by atoms with van der Waals surface area (Å²) in [6, 6.07) is 1.76. The molecule has 0 spiro atoms. The predicted octanol–water partition coefficient (Wildman–Crippen LogP) is -0.353. The highest BCUT2D eigenvalue weighted by atomic mass is 32.2. The Hall–Kier alpha value is -1.01. The smallest absolute Gasteiger partial charge is 0.286 e. The number of aryl methyl sites for hydroxylation is 1. The van der Waals surface area contributed by atoms with Crippen molar-refractivity contribution in [3.63, 3.8) is 0 Å². The standard InChI is InChI=1S/C7H10N2O3S/c10-13(11,12)6-2-5-9-4-1-3-8-7-9/h1,3-4,7H,2,5-6H2/p+1. The van der Waals surface area contributed by atoms with Gasteiger partial charge >= 0.3 is 0 Å². The van der Waals surface area contributed by atoms with Crippen LogP contribution in [0.4, 0.5) is 0 Å². The summed E-state index contributed by atoms with van der Waals surface area (Å²) in [7, 11) is -3.83. The second-order valence-corrected chi connectivity index (χ2v) is 4.20. The maximum atomic E-state index is 10.4. The van der Waals surface area contributed by atoms with Crippen molar-refractivity contribution in [3.8, 4) is 0 Å². The first-order valence-electron chi connectivity index (χ1n) is 3.82. The van der Waals surface area contributed by atoms with Gasteiger partial charge in [-0.2, -0.15) is 8.42 Å². The van der Waals surface area contributed by atoms with E-state index in [1.54, 1.807) is 29.4 Å². The van der Waals surface area contributed by atoms with Gasteiger partial charge in [0.05, 0.1) is 18.5 Å². The Kier molecular flexibility index (Phi) is 3.32. The highest BCUT2D eigenvalue weighted by molar-refractivity contribution is 7.85. The van der Waals surface area contributed by atoms with Crippen molar-refractivity contribution < 1.29 is 17.5 Å². The van der Waals surface area contributed by atoms with Gasteiger partial charge in [-0.3, -0.25) is 4.55 Å². The first kappa shape index (κ1) is 10.1. The van der Waals surface area contributed by atoms with Crippen molar-refractivity contribution in [1.82, 2.24) is 4.98 Å². The van der Waals surface area contributed by atoms with Crippen LogP contribution in [0.25, 0.3) is 0 Å². The fraction of sp³-hybridized carbons (Fsp3) is 0.429. The molecular weight excluding hydrogens is 192 g/mol. The van der Waals surface area contributed by atoms with Crippen molar-refractivity contribution in [3.05, 3.63) is 24.8 Å². The molecule has 72 valence electrons. The van der Waals surface area contributed by atoms with E-state index in [2.05, 4.69) is 4.98 Å². The largest absolute Gasteiger partial charge is 0.286 e. The fourth-order valence-corrected chi connectivity index (χ4v) is 1.42. The first-order valence-corrected chi connectivity index (χ1v) is 5.43. The molecule has 1 aromatic heterocycles. The molecule has 6 heteroatoms. The van der Waals surface area contributed by atoms with E-state index in [1.165, 1.54) is 0 Å². The average molecular weight is 203 g/mol. The summed E-state index contributed by atoms with van der Waals surface area (Å²) in [5, 5.41) is 0. The van der Waals surface area contributed by atoms with E-state index in [4.69, 9.17) is 4.55 Å². The van der Waals surface area contributed by atoms with E-state index >= 15 is 0 Å². The third-order valence-electron chi connectivity index (χ3n) is 1.48. The zero-order valence-corrected chi connectivity index (χ0v) is 7.81. The zero-order chi connectivity index (χ0) is 9.73. The Labute approximate surface area is 76.8 Å². The Morgan fingerprint density at radius 2 is 2.23 bits per heavy atom. The maximum Gasteiger partial charge on any atom is 0.286 e. The van der Waals surface area contributed by atoms with Crippen molar-refractivity contribution in [2.45, 2.75) is 13.0 Å². The molecular formula is C7H11N2O3S+. The van der Waals surface area contributed by atoms with Crippen LogP contribution in [0.2, 0.25) is 0 Å². The summed E-state index contributed by atoms with van der Waals surface area (Å²) in [6.45, 7) is 0.535. The van der Waals surface area contributed by atoms with Crippen molar-refractivity contribution in [2.75, 3.05) is 5.75 Å². The van der Waals surface area contributed by atoms with Gasteiger partial charge in [-0.1, -0.05) is 4.98 Å². The van der Waals surface area contributed by atoms with Crippen LogP contribution >= 0.6 is 0 Å². The van der Waals surface area contributed by atoms with Gasteiger partial charge in [-0.25, -0.2) is 4.57 Å². The van der Waals surface area contributed by atoms with Gasteiger partial charge < -0.3 is 0 Å². The van der Waals surface area contributed by atoms with Crippen LogP contribution in [-0.4, -0.2) is 23.7 Å². The Morgan fingerprint density at radius 1 is 1.46 bits per heavy atom. The van der Waals surface area contributed by atoms with E-state index in [1.807, 2.05) is 0 Å². The second kappa shape index (κ2) is 4.29. The minimum absolute atomic E-state index is 0.213. The summed E-state index contributed by atoms with van der Waals surface area (Å²) in [5.74, 6) is -0.213. The molecule has 0 aromatic carbocycles. The molecule has 13 heavy (non-hydrogen) atoms. The molecule has 0 bridgehead atoms. The van der Waals surface area contributed by atoms with E-state index in [0.29, 0.717) is 13.0 Å². The highest BCUT2D eigenvalue weighted by Gasteiger charge is 2.05. The molecule has 0 aliphatic carbocycles. The Morgan fingerprint density at radius 3 is 2.77 bits per heavy atom. The average Bonchev–Trinajstić information content (AvgIpc) is 2.04. The number of hydrogen-bond donors (Lipinski definition) is 1. The monoisotopic (exact) mass is 203 g/mol. The molecule has 0 aliphatic heterocycles. The molecule has 1 heterocycles. The van der Waals surface area contributed by atoms with Crippen molar-refractivity contribution in [2.24, 2.45) is 0 Å². The lowest BCUT2D eigenvalue weighted by molar-refractivity contribution is -0.699. The van der Waals surface area contributed by atoms with Crippen LogP contribution in [0.5, 0.6) is 0 Å². The number of nitrogens with zero attached hydrogens (tertiary/aromatic N) is 2. The van der Waals surface area contributed by atoms with Gasteiger partial charge in [0.25, 0.3) is 16.4 Å². The number of rotatable bonds is 4. The first-order chi connectivity index (χ1) is 6.08. The van der Waals surface area contributed by atoms with Crippen LogP contribution in [-0.2, 0) is 16.7 Å². The van der Waals surface area contributed by atoms with Crippen LogP contribution in [0.3, 0.4) is 0 Å². The molecule has 0 unspecified atom stereocenters. The fourth-order valence-electron chi connectivity index (χ4n) is 0.923. The van der Waals surface area contributed by atoms with Crippen molar-refractivity contribution >= 4 is 10.1 Å². The van der Waals surface area contributed by atoms with Gasteiger partial charge in [-0.05, 0) is 0 Å². The molecule has 0 aliphatic rings. The van der Waals surface area contributed by atoms with Crippen LogP contribution < -0.4 is 4.57 Å². The van der Waals surface area contributed by atoms with E-state index in [-0.39, 0.29) is 5.75 Å². The summed E-state index contributed by atoms with van der Waals surface area (Å²) in [4.78, 5) is 3.85. The second-order valence-electron chi connectivity index (χ2n) is 2.63. The van der Waals surface area contributed by atoms with E-state index < -0.39 is 10.1 Å². The third-order valence-corrected chi connectivity index (χ3v) is 2.29. The predicted molar refractivity (Wildman–Crippen MR) is 45.5 cm³/mol. The lowest BCUT2D eigenvalue weighted by Gasteiger charge is -1.96. The normalized spacial score (nSPS) is 11.5. The summed E-state index contributed by atoms with van der Waals surface area (Å²) >= 11 is 0.